The Balaban J connectivity index is 1.76. The molecule has 0 bridgehead atoms. The molecule has 6 nitrogen and oxygen atoms in total. The molecule has 1 atom stereocenters. The number of nitrogens with zero attached hydrogens (tertiary/aromatic N) is 5. The molecule has 1 aliphatic rings. The van der Waals surface area contributed by atoms with Gasteiger partial charge in [-0.25, -0.2) is 23.7 Å². The topological polar surface area (TPSA) is 58.4 Å². The number of imidazole rings is 1. The van der Waals surface area contributed by atoms with Gasteiger partial charge in [-0.05, 0) is 37.3 Å². The van der Waals surface area contributed by atoms with Gasteiger partial charge in [0, 0.05) is 43.1 Å². The van der Waals surface area contributed by atoms with E-state index in [2.05, 4.69) is 26.8 Å². The molecule has 15 heteroatoms. The van der Waals surface area contributed by atoms with Crippen molar-refractivity contribution >= 4 is 45.9 Å². The van der Waals surface area contributed by atoms with E-state index < -0.39 is 54.1 Å². The fourth-order valence-corrected chi connectivity index (χ4v) is 4.91. The normalized spacial score (nSPS) is 16.8. The number of fused-ring (bicyclic) bond motifs is 3. The highest BCUT2D eigenvalue weighted by Gasteiger charge is 2.39. The molecule has 1 saturated heterocycles. The molecule has 0 radical (unpaired) electrons. The van der Waals surface area contributed by atoms with Crippen molar-refractivity contribution in [3.05, 3.63) is 64.7 Å². The smallest absolute Gasteiger partial charge is 0.377 e. The Morgan fingerprint density at radius 2 is 1.71 bits per heavy atom. The van der Waals surface area contributed by atoms with Crippen molar-refractivity contribution < 1.29 is 35.1 Å². The average Bonchev–Trinajstić information content (AvgIpc) is 3.35. The Kier molecular flexibility index (Phi) is 7.03. The number of anilines is 2. The first-order valence-electron chi connectivity index (χ1n) is 12.3. The van der Waals surface area contributed by atoms with Crippen molar-refractivity contribution in [1.82, 2.24) is 19.4 Å². The molecule has 0 amide bonds. The number of aromatic nitrogens is 4. The molecule has 1 unspecified atom stereocenters. The van der Waals surface area contributed by atoms with Gasteiger partial charge in [0.1, 0.15) is 10.8 Å². The minimum Gasteiger partial charge on any atom is -0.377 e. The van der Waals surface area contributed by atoms with E-state index in [9.17, 15) is 35.1 Å². The largest absolute Gasteiger partial charge is 0.434 e. The van der Waals surface area contributed by atoms with Gasteiger partial charge >= 0.3 is 12.4 Å². The summed E-state index contributed by atoms with van der Waals surface area (Å²) in [5.74, 6) is -3.10. The molecule has 1 fully saturated rings. The van der Waals surface area contributed by atoms with Crippen molar-refractivity contribution in [3.63, 3.8) is 0 Å². The Morgan fingerprint density at radius 3 is 2.32 bits per heavy atom. The molecule has 1 N–H and O–H groups in total. The predicted octanol–water partition coefficient (Wildman–Crippen LogP) is 8.02. The number of rotatable bonds is 5. The molecule has 1 aliphatic heterocycles. The van der Waals surface area contributed by atoms with E-state index in [0.29, 0.717) is 23.6 Å². The molecule has 5 rings (SSSR count). The summed E-state index contributed by atoms with van der Waals surface area (Å²) in [7, 11) is 0. The molecular formula is C26H21ClF8N6. The Bertz CT molecular complexity index is 1640. The van der Waals surface area contributed by atoms with Crippen LogP contribution in [0.3, 0.4) is 0 Å². The van der Waals surface area contributed by atoms with Gasteiger partial charge in [-0.15, -0.1) is 0 Å². The number of pyridine rings is 1. The van der Waals surface area contributed by atoms with E-state index in [0.717, 1.165) is 10.5 Å². The van der Waals surface area contributed by atoms with Gasteiger partial charge in [-0.3, -0.25) is 4.40 Å². The summed E-state index contributed by atoms with van der Waals surface area (Å²) in [4.78, 5) is 13.6. The predicted molar refractivity (Wildman–Crippen MR) is 138 cm³/mol. The Hall–Kier alpha value is -3.68. The van der Waals surface area contributed by atoms with Crippen molar-refractivity contribution in [2.24, 2.45) is 0 Å². The monoisotopic (exact) mass is 604 g/mol. The highest BCUT2D eigenvalue weighted by Crippen LogP contribution is 2.40. The van der Waals surface area contributed by atoms with Crippen molar-refractivity contribution in [2.75, 3.05) is 23.3 Å². The molecule has 0 spiro atoms. The highest BCUT2D eigenvalue weighted by atomic mass is 35.5. The zero-order valence-electron chi connectivity index (χ0n) is 21.2. The molecular weight excluding hydrogens is 584 g/mol. The number of benzene rings is 1. The van der Waals surface area contributed by atoms with Crippen molar-refractivity contribution in [1.29, 1.82) is 0 Å². The highest BCUT2D eigenvalue weighted by molar-refractivity contribution is 6.29. The van der Waals surface area contributed by atoms with Crippen molar-refractivity contribution in [2.45, 2.75) is 44.1 Å². The first kappa shape index (κ1) is 28.8. The van der Waals surface area contributed by atoms with Gasteiger partial charge < -0.3 is 10.2 Å². The number of halogens is 9. The average molecular weight is 605 g/mol. The van der Waals surface area contributed by atoms with Crippen LogP contribution < -0.4 is 10.2 Å². The first-order chi connectivity index (χ1) is 19.1. The fraction of sp³-hybridized carbons (Fsp3) is 0.346. The van der Waals surface area contributed by atoms with Crippen LogP contribution in [0.25, 0.3) is 22.6 Å². The van der Waals surface area contributed by atoms with Gasteiger partial charge in [-0.2, -0.15) is 26.3 Å². The van der Waals surface area contributed by atoms with Crippen LogP contribution in [0.2, 0.25) is 5.15 Å². The zero-order valence-corrected chi connectivity index (χ0v) is 22.0. The molecule has 218 valence electrons. The van der Waals surface area contributed by atoms with Crippen LogP contribution in [0, 0.1) is 0 Å². The second-order valence-corrected chi connectivity index (χ2v) is 10.1. The van der Waals surface area contributed by atoms with Gasteiger partial charge in [0.25, 0.3) is 5.92 Å². The van der Waals surface area contributed by atoms with E-state index in [1.54, 1.807) is 6.07 Å². The van der Waals surface area contributed by atoms with Gasteiger partial charge in [0.2, 0.25) is 5.95 Å². The summed E-state index contributed by atoms with van der Waals surface area (Å²) in [6, 6.07) is 3.65. The van der Waals surface area contributed by atoms with Crippen molar-refractivity contribution in [3.8, 4) is 0 Å². The van der Waals surface area contributed by atoms with E-state index in [4.69, 9.17) is 11.6 Å². The standard InChI is InChI=1S/C26H21ClF8N6/c1-3-17-18(4-5-20(27)37-17)36-13(2)15-10-14(25(30,31)32)11-16-21(15)39-23(40-8-6-24(28,29)7-9-40)41-12-19(26(33,34)35)38-22(16)41/h3-5,10-13,36H,1,6-9H2,2H3. The molecule has 0 saturated carbocycles. The van der Waals surface area contributed by atoms with Crippen LogP contribution in [-0.2, 0) is 12.4 Å². The van der Waals surface area contributed by atoms with Gasteiger partial charge in [0.15, 0.2) is 5.69 Å². The zero-order chi connectivity index (χ0) is 29.9. The molecule has 4 aromatic rings. The summed E-state index contributed by atoms with van der Waals surface area (Å²) in [6.45, 7) is 4.73. The van der Waals surface area contributed by atoms with Gasteiger partial charge in [0.05, 0.1) is 28.5 Å². The van der Waals surface area contributed by atoms with Crippen LogP contribution in [0.15, 0.2) is 37.0 Å². The number of piperidine rings is 1. The molecule has 1 aromatic carbocycles. The van der Waals surface area contributed by atoms with E-state index in [1.807, 2.05) is 0 Å². The van der Waals surface area contributed by atoms with E-state index >= 15 is 0 Å². The molecule has 41 heavy (non-hydrogen) atoms. The summed E-state index contributed by atoms with van der Waals surface area (Å²) >= 11 is 5.93. The minimum atomic E-state index is -4.92. The summed E-state index contributed by atoms with van der Waals surface area (Å²) in [6.07, 6.45) is -8.92. The third kappa shape index (κ3) is 5.61. The summed E-state index contributed by atoms with van der Waals surface area (Å²) in [5.41, 5.74) is -2.31. The van der Waals surface area contributed by atoms with E-state index in [1.165, 1.54) is 24.0 Å². The maximum absolute atomic E-state index is 14.0. The lowest BCUT2D eigenvalue weighted by Crippen LogP contribution is -2.40. The lowest BCUT2D eigenvalue weighted by atomic mass is 9.99. The molecule has 4 heterocycles. The summed E-state index contributed by atoms with van der Waals surface area (Å²) in [5, 5.41) is 2.91. The van der Waals surface area contributed by atoms with Crippen LogP contribution in [0.5, 0.6) is 0 Å². The number of alkyl halides is 8. The Morgan fingerprint density at radius 1 is 1.02 bits per heavy atom. The van der Waals surface area contributed by atoms with Crippen LogP contribution in [-0.4, -0.2) is 38.4 Å². The van der Waals surface area contributed by atoms with Gasteiger partial charge in [-0.1, -0.05) is 18.2 Å². The van der Waals surface area contributed by atoms with E-state index in [-0.39, 0.29) is 40.7 Å². The quantitative estimate of drug-likeness (QED) is 0.185. The third-order valence-electron chi connectivity index (χ3n) is 6.83. The Labute approximate surface area is 232 Å². The van der Waals surface area contributed by atoms with Crippen LogP contribution >= 0.6 is 11.6 Å². The SMILES string of the molecule is C=Cc1nc(Cl)ccc1NC(C)c1cc(C(F)(F)F)cc2c1nc(N1CCC(F)(F)CC1)n1cc(C(F)(F)F)nc21. The fourth-order valence-electron chi connectivity index (χ4n) is 4.75. The molecule has 0 aliphatic carbocycles. The number of hydrogen-bond donors (Lipinski definition) is 1. The third-order valence-corrected chi connectivity index (χ3v) is 7.04. The maximum atomic E-state index is 14.0. The van der Waals surface area contributed by atoms with Crippen LogP contribution in [0.1, 0.15) is 48.3 Å². The number of nitrogens with one attached hydrogen (secondary N) is 1. The summed E-state index contributed by atoms with van der Waals surface area (Å²) < 4.78 is 112. The maximum Gasteiger partial charge on any atom is 0.434 e. The lowest BCUT2D eigenvalue weighted by Gasteiger charge is -2.33. The molecule has 3 aromatic heterocycles. The minimum absolute atomic E-state index is 0.0116. The van der Waals surface area contributed by atoms with Crippen LogP contribution in [0.4, 0.5) is 46.8 Å². The first-order valence-corrected chi connectivity index (χ1v) is 12.6. The lowest BCUT2D eigenvalue weighted by molar-refractivity contribution is -0.141. The second-order valence-electron chi connectivity index (χ2n) is 9.67. The number of hydrogen-bond acceptors (Lipinski definition) is 5. The second kappa shape index (κ2) is 10.00.